The molecule has 5 heteroatoms. The second-order valence-corrected chi connectivity index (χ2v) is 6.69. The van der Waals surface area contributed by atoms with Crippen molar-refractivity contribution in [1.82, 2.24) is 0 Å². The molecule has 1 unspecified atom stereocenters. The van der Waals surface area contributed by atoms with Gasteiger partial charge in [0.15, 0.2) is 0 Å². The second-order valence-electron chi connectivity index (χ2n) is 6.69. The molecule has 2 aromatic rings. The van der Waals surface area contributed by atoms with E-state index in [1.807, 2.05) is 25.1 Å². The fourth-order valence-corrected chi connectivity index (χ4v) is 3.47. The van der Waals surface area contributed by atoms with Crippen molar-refractivity contribution >= 4 is 22.9 Å². The van der Waals surface area contributed by atoms with Crippen LogP contribution < -0.4 is 9.47 Å². The fraction of sp³-hybridized carbons (Fsp3) is 0.333. The molecule has 0 N–H and O–H groups in total. The average Bonchev–Trinajstić information content (AvgIpc) is 2.63. The third-order valence-corrected chi connectivity index (χ3v) is 4.74. The maximum atomic E-state index is 11.9. The molecule has 5 nitrogen and oxygen atoms in total. The highest BCUT2D eigenvalue weighted by molar-refractivity contribution is 5.99. The van der Waals surface area contributed by atoms with Crippen molar-refractivity contribution in [3.63, 3.8) is 0 Å². The van der Waals surface area contributed by atoms with Crippen LogP contribution in [0.15, 0.2) is 30.9 Å². The Kier molecular flexibility index (Phi) is 4.98. The van der Waals surface area contributed by atoms with Crippen LogP contribution in [0.3, 0.4) is 0 Å². The summed E-state index contributed by atoms with van der Waals surface area (Å²) in [6, 6.07) is 5.76. The van der Waals surface area contributed by atoms with Crippen LogP contribution in [0.25, 0.3) is 10.8 Å². The Balaban J connectivity index is 2.33. The highest BCUT2D eigenvalue weighted by Gasteiger charge is 2.28. The minimum absolute atomic E-state index is 0.442. The molecule has 0 aromatic heterocycles. The van der Waals surface area contributed by atoms with Crippen molar-refractivity contribution in [2.45, 2.75) is 33.1 Å². The van der Waals surface area contributed by atoms with Crippen LogP contribution in [0.4, 0.5) is 4.79 Å². The van der Waals surface area contributed by atoms with Gasteiger partial charge in [-0.1, -0.05) is 31.2 Å². The predicted molar refractivity (Wildman–Crippen MR) is 98.7 cm³/mol. The van der Waals surface area contributed by atoms with Crippen molar-refractivity contribution in [1.29, 1.82) is 0 Å². The molecule has 1 aliphatic carbocycles. The first-order valence-electron chi connectivity index (χ1n) is 8.62. The van der Waals surface area contributed by atoms with E-state index in [-0.39, 0.29) is 0 Å². The van der Waals surface area contributed by atoms with Crippen molar-refractivity contribution in [2.24, 2.45) is 5.92 Å². The van der Waals surface area contributed by atoms with E-state index in [4.69, 9.17) is 14.2 Å². The van der Waals surface area contributed by atoms with Crippen molar-refractivity contribution in [3.05, 3.63) is 47.5 Å². The minimum Gasteiger partial charge on any atom is -0.437 e. The average molecular weight is 354 g/mol. The van der Waals surface area contributed by atoms with Crippen molar-refractivity contribution in [3.8, 4) is 11.5 Å². The summed E-state index contributed by atoms with van der Waals surface area (Å²) >= 11 is 0. The van der Waals surface area contributed by atoms with E-state index in [2.05, 4.69) is 13.5 Å². The Morgan fingerprint density at radius 1 is 1.15 bits per heavy atom. The maximum absolute atomic E-state index is 11.9. The van der Waals surface area contributed by atoms with E-state index in [0.717, 1.165) is 52.8 Å². The normalized spacial score (nSPS) is 15.9. The largest absolute Gasteiger partial charge is 0.513 e. The van der Waals surface area contributed by atoms with E-state index in [9.17, 15) is 9.59 Å². The van der Waals surface area contributed by atoms with Gasteiger partial charge in [-0.3, -0.25) is 0 Å². The molecule has 0 fully saturated rings. The monoisotopic (exact) mass is 354 g/mol. The molecule has 136 valence electrons. The van der Waals surface area contributed by atoms with E-state index in [0.29, 0.717) is 17.4 Å². The molecule has 0 radical (unpaired) electrons. The highest BCUT2D eigenvalue weighted by Crippen LogP contribution is 2.45. The number of hydrogen-bond acceptors (Lipinski definition) is 5. The SMILES string of the molecule is C=CC(=O)Oc1c2c(c(OC(=O)OC)c3cc(C)ccc13)CCC(C)C2. The van der Waals surface area contributed by atoms with Gasteiger partial charge in [0.05, 0.1) is 7.11 Å². The maximum Gasteiger partial charge on any atom is 0.513 e. The number of methoxy groups -OCH3 is 1. The predicted octanol–water partition coefficient (Wildman–Crippen LogP) is 4.51. The van der Waals surface area contributed by atoms with E-state index < -0.39 is 12.1 Å². The summed E-state index contributed by atoms with van der Waals surface area (Å²) in [5, 5.41) is 1.47. The molecule has 0 saturated heterocycles. The molecule has 2 aromatic carbocycles. The van der Waals surface area contributed by atoms with Crippen LogP contribution in [-0.4, -0.2) is 19.2 Å². The lowest BCUT2D eigenvalue weighted by molar-refractivity contribution is -0.128. The van der Waals surface area contributed by atoms with Gasteiger partial charge in [0, 0.05) is 28.0 Å². The molecule has 0 saturated carbocycles. The quantitative estimate of drug-likeness (QED) is 0.351. The number of rotatable bonds is 3. The molecule has 3 rings (SSSR count). The smallest absolute Gasteiger partial charge is 0.437 e. The topological polar surface area (TPSA) is 61.8 Å². The number of carbonyl (C=O) groups is 2. The zero-order valence-electron chi connectivity index (χ0n) is 15.3. The number of esters is 1. The van der Waals surface area contributed by atoms with Crippen LogP contribution in [0.2, 0.25) is 0 Å². The van der Waals surface area contributed by atoms with Gasteiger partial charge >= 0.3 is 12.1 Å². The Labute approximate surface area is 152 Å². The zero-order chi connectivity index (χ0) is 18.8. The number of benzene rings is 2. The number of aryl methyl sites for hydroxylation is 1. The molecule has 0 heterocycles. The summed E-state index contributed by atoms with van der Waals surface area (Å²) in [6.45, 7) is 7.60. The lowest BCUT2D eigenvalue weighted by Gasteiger charge is -2.27. The second kappa shape index (κ2) is 7.20. The van der Waals surface area contributed by atoms with E-state index in [1.165, 1.54) is 7.11 Å². The van der Waals surface area contributed by atoms with E-state index >= 15 is 0 Å². The van der Waals surface area contributed by atoms with Gasteiger partial charge in [0.2, 0.25) is 0 Å². The summed E-state index contributed by atoms with van der Waals surface area (Å²) < 4.78 is 15.8. The third-order valence-electron chi connectivity index (χ3n) is 4.74. The molecule has 0 spiro atoms. The third kappa shape index (κ3) is 3.29. The summed E-state index contributed by atoms with van der Waals surface area (Å²) in [5.74, 6) is 0.964. The van der Waals surface area contributed by atoms with Gasteiger partial charge < -0.3 is 14.2 Å². The van der Waals surface area contributed by atoms with Crippen LogP contribution in [0.5, 0.6) is 11.5 Å². The lowest BCUT2D eigenvalue weighted by atomic mass is 9.82. The fourth-order valence-electron chi connectivity index (χ4n) is 3.47. The molecule has 26 heavy (non-hydrogen) atoms. The molecule has 0 bridgehead atoms. The van der Waals surface area contributed by atoms with Gasteiger partial charge in [0.25, 0.3) is 0 Å². The van der Waals surface area contributed by atoms with Crippen LogP contribution in [-0.2, 0) is 22.4 Å². The Morgan fingerprint density at radius 3 is 2.58 bits per heavy atom. The molecular weight excluding hydrogens is 332 g/mol. The number of hydrogen-bond donors (Lipinski definition) is 0. The van der Waals surface area contributed by atoms with Gasteiger partial charge in [-0.05, 0) is 38.2 Å². The Bertz CT molecular complexity index is 897. The molecule has 1 atom stereocenters. The lowest BCUT2D eigenvalue weighted by Crippen LogP contribution is -2.18. The summed E-state index contributed by atoms with van der Waals surface area (Å²) in [7, 11) is 1.28. The summed E-state index contributed by atoms with van der Waals surface area (Å²) in [6.07, 6.45) is 2.85. The number of carbonyl (C=O) groups excluding carboxylic acids is 2. The Morgan fingerprint density at radius 2 is 1.88 bits per heavy atom. The molecule has 1 aliphatic rings. The first-order chi connectivity index (χ1) is 12.4. The van der Waals surface area contributed by atoms with Crippen LogP contribution in [0.1, 0.15) is 30.0 Å². The Hall–Kier alpha value is -2.82. The minimum atomic E-state index is -0.760. The van der Waals surface area contributed by atoms with Crippen LogP contribution in [0, 0.1) is 12.8 Å². The molecular formula is C21H22O5. The van der Waals surface area contributed by atoms with Crippen LogP contribution >= 0.6 is 0 Å². The number of fused-ring (bicyclic) bond motifs is 2. The number of ether oxygens (including phenoxy) is 3. The molecule has 0 amide bonds. The molecule has 0 aliphatic heterocycles. The van der Waals surface area contributed by atoms with Crippen molar-refractivity contribution in [2.75, 3.05) is 7.11 Å². The highest BCUT2D eigenvalue weighted by atomic mass is 16.7. The first-order valence-corrected chi connectivity index (χ1v) is 8.62. The van der Waals surface area contributed by atoms with Gasteiger partial charge in [-0.2, -0.15) is 0 Å². The standard InChI is InChI=1S/C21H22O5/c1-5-18(22)25-19-14-8-6-13(3)11-17(14)20(26-21(23)24-4)15-9-7-12(2)10-16(15)19/h5-6,8,11-12H,1,7,9-10H2,2-4H3. The van der Waals surface area contributed by atoms with Gasteiger partial charge in [-0.25, -0.2) is 9.59 Å². The zero-order valence-corrected chi connectivity index (χ0v) is 15.3. The van der Waals surface area contributed by atoms with Gasteiger partial charge in [-0.15, -0.1) is 0 Å². The first kappa shape index (κ1) is 18.0. The van der Waals surface area contributed by atoms with Gasteiger partial charge in [0.1, 0.15) is 11.5 Å². The summed E-state index contributed by atoms with van der Waals surface area (Å²) in [5.41, 5.74) is 2.82. The summed E-state index contributed by atoms with van der Waals surface area (Å²) in [4.78, 5) is 23.7. The van der Waals surface area contributed by atoms with Crippen molar-refractivity contribution < 1.29 is 23.8 Å². The van der Waals surface area contributed by atoms with E-state index in [1.54, 1.807) is 0 Å².